The summed E-state index contributed by atoms with van der Waals surface area (Å²) in [5.74, 6) is 0.604. The molecule has 2 heterocycles. The number of ether oxygens (including phenoxy) is 1. The topological polar surface area (TPSA) is 75.3 Å². The third-order valence-electron chi connectivity index (χ3n) is 3.32. The summed E-state index contributed by atoms with van der Waals surface area (Å²) in [5, 5.41) is 2.67. The predicted molar refractivity (Wildman–Crippen MR) is 80.1 cm³/mol. The van der Waals surface area contributed by atoms with E-state index in [0.29, 0.717) is 18.9 Å². The zero-order chi connectivity index (χ0) is 14.7. The number of benzene rings is 1. The van der Waals surface area contributed by atoms with Crippen molar-refractivity contribution in [3.63, 3.8) is 0 Å². The number of nitrogens with zero attached hydrogens (tertiary/aromatic N) is 1. The van der Waals surface area contributed by atoms with Crippen molar-refractivity contribution < 1.29 is 9.53 Å². The molecule has 1 aromatic heterocycles. The van der Waals surface area contributed by atoms with E-state index in [1.807, 2.05) is 37.3 Å². The molecule has 0 bridgehead atoms. The number of rotatable bonds is 5. The summed E-state index contributed by atoms with van der Waals surface area (Å²) in [6.07, 6.45) is 2.40. The van der Waals surface area contributed by atoms with Gasteiger partial charge in [-0.25, -0.2) is 10.4 Å². The fourth-order valence-corrected chi connectivity index (χ4v) is 2.39. The molecule has 0 aliphatic carbocycles. The Morgan fingerprint density at radius 3 is 3.10 bits per heavy atom. The highest BCUT2D eigenvalue weighted by molar-refractivity contribution is 5.74. The highest BCUT2D eigenvalue weighted by Gasteiger charge is 2.24. The lowest BCUT2D eigenvalue weighted by Crippen LogP contribution is -2.19. The quantitative estimate of drug-likeness (QED) is 0.733. The monoisotopic (exact) mass is 284 g/mol. The number of carbonyl (C=O) groups is 1. The van der Waals surface area contributed by atoms with Crippen LogP contribution in [0.2, 0.25) is 0 Å². The van der Waals surface area contributed by atoms with Gasteiger partial charge in [0.25, 0.3) is 0 Å². The first kappa shape index (κ1) is 13.4. The van der Waals surface area contributed by atoms with Gasteiger partial charge in [-0.3, -0.25) is 4.79 Å². The molecule has 6 nitrogen and oxygen atoms in total. The van der Waals surface area contributed by atoms with Crippen molar-refractivity contribution in [3.8, 4) is 5.88 Å². The standard InChI is InChI=1S/C15H16N4O2/c1-2-21-14-7-10(5-6-16-14)15-12-8-11(17-9-20)3-4-13(12)18-19-15/h3-9,15,18-19H,2H2,1H3,(H,17,20). The van der Waals surface area contributed by atoms with Crippen LogP contribution in [0.15, 0.2) is 36.5 Å². The minimum Gasteiger partial charge on any atom is -0.478 e. The molecule has 0 spiro atoms. The molecular formula is C15H16N4O2. The molecule has 0 radical (unpaired) electrons. The normalized spacial score (nSPS) is 16.0. The fourth-order valence-electron chi connectivity index (χ4n) is 2.39. The second-order valence-electron chi connectivity index (χ2n) is 4.63. The van der Waals surface area contributed by atoms with Crippen molar-refractivity contribution in [3.05, 3.63) is 47.7 Å². The van der Waals surface area contributed by atoms with E-state index < -0.39 is 0 Å². The Labute approximate surface area is 122 Å². The van der Waals surface area contributed by atoms with Crippen LogP contribution in [0.5, 0.6) is 5.88 Å². The number of hydrazine groups is 1. The lowest BCUT2D eigenvalue weighted by atomic mass is 9.99. The Kier molecular flexibility index (Phi) is 3.70. The molecule has 108 valence electrons. The van der Waals surface area contributed by atoms with Crippen molar-refractivity contribution in [1.82, 2.24) is 10.4 Å². The number of fused-ring (bicyclic) bond motifs is 1. The molecule has 1 aliphatic rings. The highest BCUT2D eigenvalue weighted by atomic mass is 16.5. The summed E-state index contributed by atoms with van der Waals surface area (Å²) >= 11 is 0. The Hall–Kier alpha value is -2.60. The van der Waals surface area contributed by atoms with Crippen LogP contribution in [0.3, 0.4) is 0 Å². The van der Waals surface area contributed by atoms with Crippen LogP contribution in [0.25, 0.3) is 0 Å². The van der Waals surface area contributed by atoms with Gasteiger partial charge in [-0.1, -0.05) is 0 Å². The van der Waals surface area contributed by atoms with Crippen LogP contribution >= 0.6 is 0 Å². The summed E-state index contributed by atoms with van der Waals surface area (Å²) in [4.78, 5) is 14.7. The molecule has 0 fully saturated rings. The molecule has 3 N–H and O–H groups in total. The molecule has 21 heavy (non-hydrogen) atoms. The first-order valence-corrected chi connectivity index (χ1v) is 6.76. The zero-order valence-corrected chi connectivity index (χ0v) is 11.6. The number of nitrogens with one attached hydrogen (secondary N) is 3. The van der Waals surface area contributed by atoms with E-state index >= 15 is 0 Å². The van der Waals surface area contributed by atoms with Gasteiger partial charge in [-0.15, -0.1) is 0 Å². The van der Waals surface area contributed by atoms with Gasteiger partial charge in [-0.2, -0.15) is 0 Å². The van der Waals surface area contributed by atoms with Crippen LogP contribution in [0, 0.1) is 0 Å². The van der Waals surface area contributed by atoms with Crippen LogP contribution < -0.4 is 20.9 Å². The number of aromatic nitrogens is 1. The number of amides is 1. The summed E-state index contributed by atoms with van der Waals surface area (Å²) in [6, 6.07) is 9.56. The Morgan fingerprint density at radius 2 is 2.29 bits per heavy atom. The molecule has 0 saturated carbocycles. The molecule has 3 rings (SSSR count). The van der Waals surface area contributed by atoms with Crippen LogP contribution in [0.1, 0.15) is 24.1 Å². The molecule has 1 atom stereocenters. The van der Waals surface area contributed by atoms with Crippen molar-refractivity contribution in [2.75, 3.05) is 17.3 Å². The number of hydrogen-bond acceptors (Lipinski definition) is 5. The maximum atomic E-state index is 10.6. The molecule has 2 aromatic rings. The van der Waals surface area contributed by atoms with Gasteiger partial charge in [0.15, 0.2) is 0 Å². The van der Waals surface area contributed by atoms with Crippen LogP contribution in [-0.4, -0.2) is 18.0 Å². The fraction of sp³-hybridized carbons (Fsp3) is 0.200. The lowest BCUT2D eigenvalue weighted by Gasteiger charge is -2.13. The molecule has 6 heteroatoms. The number of hydrogen-bond donors (Lipinski definition) is 3. The van der Waals surface area contributed by atoms with E-state index in [0.717, 1.165) is 22.5 Å². The number of pyridine rings is 1. The van der Waals surface area contributed by atoms with Crippen LogP contribution in [0.4, 0.5) is 11.4 Å². The molecule has 1 amide bonds. The summed E-state index contributed by atoms with van der Waals surface area (Å²) in [6.45, 7) is 2.51. The minimum atomic E-state index is -0.0180. The number of carbonyl (C=O) groups excluding carboxylic acids is 1. The van der Waals surface area contributed by atoms with Gasteiger partial charge in [0.05, 0.1) is 18.3 Å². The molecule has 0 saturated heterocycles. The maximum Gasteiger partial charge on any atom is 0.213 e. The summed E-state index contributed by atoms with van der Waals surface area (Å²) < 4.78 is 5.44. The van der Waals surface area contributed by atoms with Crippen molar-refractivity contribution >= 4 is 17.8 Å². The van der Waals surface area contributed by atoms with Gasteiger partial charge < -0.3 is 15.5 Å². The van der Waals surface area contributed by atoms with Crippen molar-refractivity contribution in [1.29, 1.82) is 0 Å². The zero-order valence-electron chi connectivity index (χ0n) is 11.6. The van der Waals surface area contributed by atoms with E-state index in [-0.39, 0.29) is 6.04 Å². The smallest absolute Gasteiger partial charge is 0.213 e. The second-order valence-corrected chi connectivity index (χ2v) is 4.63. The van der Waals surface area contributed by atoms with Gasteiger partial charge in [0.2, 0.25) is 12.3 Å². The summed E-state index contributed by atoms with van der Waals surface area (Å²) in [7, 11) is 0. The van der Waals surface area contributed by atoms with E-state index in [4.69, 9.17) is 4.74 Å². The van der Waals surface area contributed by atoms with Gasteiger partial charge in [0.1, 0.15) is 0 Å². The first-order valence-electron chi connectivity index (χ1n) is 6.76. The number of anilines is 2. The summed E-state index contributed by atoms with van der Waals surface area (Å²) in [5.41, 5.74) is 10.2. The predicted octanol–water partition coefficient (Wildman–Crippen LogP) is 2.07. The van der Waals surface area contributed by atoms with Crippen molar-refractivity contribution in [2.24, 2.45) is 0 Å². The highest BCUT2D eigenvalue weighted by Crippen LogP contribution is 2.35. The van der Waals surface area contributed by atoms with E-state index in [9.17, 15) is 4.79 Å². The largest absolute Gasteiger partial charge is 0.478 e. The van der Waals surface area contributed by atoms with E-state index in [2.05, 4.69) is 21.2 Å². The SMILES string of the molecule is CCOc1cc(C2NNc3ccc(NC=O)cc32)ccn1. The van der Waals surface area contributed by atoms with Crippen molar-refractivity contribution in [2.45, 2.75) is 13.0 Å². The Balaban J connectivity index is 1.94. The first-order chi connectivity index (χ1) is 10.3. The third kappa shape index (κ3) is 2.66. The molecule has 1 unspecified atom stereocenters. The third-order valence-corrected chi connectivity index (χ3v) is 3.32. The average Bonchev–Trinajstić information content (AvgIpc) is 2.91. The van der Waals surface area contributed by atoms with Crippen LogP contribution in [-0.2, 0) is 4.79 Å². The van der Waals surface area contributed by atoms with Gasteiger partial charge in [-0.05, 0) is 36.8 Å². The molecular weight excluding hydrogens is 268 g/mol. The second kappa shape index (κ2) is 5.80. The van der Waals surface area contributed by atoms with Gasteiger partial charge >= 0.3 is 0 Å². The van der Waals surface area contributed by atoms with E-state index in [1.54, 1.807) is 6.20 Å². The maximum absolute atomic E-state index is 10.6. The Morgan fingerprint density at radius 1 is 1.38 bits per heavy atom. The van der Waals surface area contributed by atoms with E-state index in [1.165, 1.54) is 0 Å². The molecule has 1 aromatic carbocycles. The Bertz CT molecular complexity index is 660. The minimum absolute atomic E-state index is 0.0180. The average molecular weight is 284 g/mol. The molecule has 1 aliphatic heterocycles. The van der Waals surface area contributed by atoms with Gasteiger partial charge in [0, 0.05) is 23.5 Å². The lowest BCUT2D eigenvalue weighted by molar-refractivity contribution is -0.105.